The fourth-order valence-corrected chi connectivity index (χ4v) is 1.66. The first-order valence-corrected chi connectivity index (χ1v) is 6.32. The molecule has 7 heteroatoms. The number of rotatable bonds is 6. The predicted octanol–water partition coefficient (Wildman–Crippen LogP) is 1.51. The summed E-state index contributed by atoms with van der Waals surface area (Å²) in [4.78, 5) is 12.4. The summed E-state index contributed by atoms with van der Waals surface area (Å²) in [5.41, 5.74) is 6.69. The topological polar surface area (TPSA) is 98.0 Å². The molecule has 20 heavy (non-hydrogen) atoms. The summed E-state index contributed by atoms with van der Waals surface area (Å²) in [6, 6.07) is 5.57. The third kappa shape index (κ3) is 3.71. The van der Waals surface area contributed by atoms with E-state index in [2.05, 4.69) is 25.6 Å². The number of nitrogens with zero attached hydrogens (tertiary/aromatic N) is 3. The van der Waals surface area contributed by atoms with Gasteiger partial charge in [0, 0.05) is 31.4 Å². The monoisotopic (exact) mass is 274 g/mol. The van der Waals surface area contributed by atoms with E-state index in [4.69, 9.17) is 10.5 Å². The van der Waals surface area contributed by atoms with E-state index in [1.807, 2.05) is 25.1 Å². The van der Waals surface area contributed by atoms with E-state index in [1.165, 1.54) is 0 Å². The highest BCUT2D eigenvalue weighted by molar-refractivity contribution is 5.51. The fourth-order valence-electron chi connectivity index (χ4n) is 1.66. The van der Waals surface area contributed by atoms with Crippen LogP contribution in [0.5, 0.6) is 5.88 Å². The van der Waals surface area contributed by atoms with Crippen molar-refractivity contribution in [1.29, 1.82) is 0 Å². The average Bonchev–Trinajstić information content (AvgIpc) is 2.45. The second kappa shape index (κ2) is 6.55. The zero-order valence-corrected chi connectivity index (χ0v) is 11.6. The van der Waals surface area contributed by atoms with E-state index in [0.717, 1.165) is 12.1 Å². The van der Waals surface area contributed by atoms with Gasteiger partial charge in [0.1, 0.15) is 11.6 Å². The van der Waals surface area contributed by atoms with Gasteiger partial charge < -0.3 is 21.1 Å². The van der Waals surface area contributed by atoms with Gasteiger partial charge in [-0.25, -0.2) is 4.98 Å². The number of hydrogen-bond donors (Lipinski definition) is 3. The van der Waals surface area contributed by atoms with Crippen LogP contribution in [0.4, 0.5) is 17.6 Å². The first-order valence-electron chi connectivity index (χ1n) is 6.32. The zero-order valence-electron chi connectivity index (χ0n) is 11.6. The van der Waals surface area contributed by atoms with Gasteiger partial charge in [0.05, 0.1) is 7.11 Å². The molecular weight excluding hydrogens is 256 g/mol. The highest BCUT2D eigenvalue weighted by Crippen LogP contribution is 2.14. The number of ether oxygens (including phenoxy) is 1. The molecule has 0 radical (unpaired) electrons. The Kier molecular flexibility index (Phi) is 4.54. The van der Waals surface area contributed by atoms with Crippen molar-refractivity contribution < 1.29 is 4.74 Å². The Balaban J connectivity index is 2.02. The van der Waals surface area contributed by atoms with Gasteiger partial charge in [-0.3, -0.25) is 0 Å². The SMILES string of the molecule is CCNc1cc(NCc2ccc(OC)nc2)nc(N)n1. The van der Waals surface area contributed by atoms with E-state index in [-0.39, 0.29) is 5.95 Å². The Morgan fingerprint density at radius 2 is 1.95 bits per heavy atom. The lowest BCUT2D eigenvalue weighted by atomic mass is 10.3. The van der Waals surface area contributed by atoms with Gasteiger partial charge in [-0.1, -0.05) is 6.07 Å². The van der Waals surface area contributed by atoms with Crippen molar-refractivity contribution in [3.05, 3.63) is 30.0 Å². The lowest BCUT2D eigenvalue weighted by Crippen LogP contribution is -2.08. The summed E-state index contributed by atoms with van der Waals surface area (Å²) >= 11 is 0. The highest BCUT2D eigenvalue weighted by atomic mass is 16.5. The molecule has 0 aliphatic heterocycles. The van der Waals surface area contributed by atoms with Crippen LogP contribution < -0.4 is 21.1 Å². The van der Waals surface area contributed by atoms with Gasteiger partial charge in [0.15, 0.2) is 0 Å². The van der Waals surface area contributed by atoms with Crippen LogP contribution in [0.25, 0.3) is 0 Å². The standard InChI is InChI=1S/C13H18N6O/c1-3-15-10-6-11(19-13(14)18-10)16-7-9-4-5-12(20-2)17-8-9/h4-6,8H,3,7H2,1-2H3,(H4,14,15,16,18,19). The third-order valence-electron chi connectivity index (χ3n) is 2.58. The van der Waals surface area contributed by atoms with Crippen LogP contribution >= 0.6 is 0 Å². The Morgan fingerprint density at radius 3 is 2.55 bits per heavy atom. The number of anilines is 3. The highest BCUT2D eigenvalue weighted by Gasteiger charge is 2.02. The Morgan fingerprint density at radius 1 is 1.20 bits per heavy atom. The van der Waals surface area contributed by atoms with Gasteiger partial charge >= 0.3 is 0 Å². The normalized spacial score (nSPS) is 10.1. The van der Waals surface area contributed by atoms with Crippen LogP contribution in [0, 0.1) is 0 Å². The molecule has 0 unspecified atom stereocenters. The predicted molar refractivity (Wildman–Crippen MR) is 78.7 cm³/mol. The molecule has 4 N–H and O–H groups in total. The smallest absolute Gasteiger partial charge is 0.223 e. The fraction of sp³-hybridized carbons (Fsp3) is 0.308. The van der Waals surface area contributed by atoms with Crippen LogP contribution in [0.3, 0.4) is 0 Å². The Labute approximate surface area is 117 Å². The molecule has 0 aliphatic carbocycles. The van der Waals surface area contributed by atoms with Gasteiger partial charge in [-0.2, -0.15) is 9.97 Å². The summed E-state index contributed by atoms with van der Waals surface area (Å²) in [6.07, 6.45) is 1.75. The number of aromatic nitrogens is 3. The summed E-state index contributed by atoms with van der Waals surface area (Å²) in [5.74, 6) is 2.20. The van der Waals surface area contributed by atoms with E-state index < -0.39 is 0 Å². The van der Waals surface area contributed by atoms with Crippen molar-refractivity contribution in [1.82, 2.24) is 15.0 Å². The molecule has 0 saturated carbocycles. The van der Waals surface area contributed by atoms with Crippen molar-refractivity contribution in [3.63, 3.8) is 0 Å². The number of nitrogens with two attached hydrogens (primary N) is 1. The van der Waals surface area contributed by atoms with Crippen molar-refractivity contribution in [2.24, 2.45) is 0 Å². The van der Waals surface area contributed by atoms with Crippen LogP contribution in [-0.2, 0) is 6.54 Å². The molecule has 2 aromatic heterocycles. The molecule has 0 spiro atoms. The number of methoxy groups -OCH3 is 1. The second-order valence-electron chi connectivity index (χ2n) is 4.09. The maximum atomic E-state index is 5.67. The van der Waals surface area contributed by atoms with Gasteiger partial charge in [-0.15, -0.1) is 0 Å². The van der Waals surface area contributed by atoms with E-state index in [0.29, 0.717) is 24.1 Å². The molecule has 106 valence electrons. The molecule has 2 aromatic rings. The number of hydrogen-bond acceptors (Lipinski definition) is 7. The van der Waals surface area contributed by atoms with Gasteiger partial charge in [-0.05, 0) is 12.5 Å². The third-order valence-corrected chi connectivity index (χ3v) is 2.58. The molecular formula is C13H18N6O. The first kappa shape index (κ1) is 13.9. The molecule has 0 aromatic carbocycles. The largest absolute Gasteiger partial charge is 0.481 e. The lowest BCUT2D eigenvalue weighted by molar-refractivity contribution is 0.397. The van der Waals surface area contributed by atoms with E-state index in [1.54, 1.807) is 13.3 Å². The summed E-state index contributed by atoms with van der Waals surface area (Å²) in [5, 5.41) is 6.29. The van der Waals surface area contributed by atoms with Crippen molar-refractivity contribution in [2.75, 3.05) is 30.0 Å². The van der Waals surface area contributed by atoms with Crippen LogP contribution in [-0.4, -0.2) is 28.6 Å². The first-order chi connectivity index (χ1) is 9.71. The molecule has 0 atom stereocenters. The molecule has 2 heterocycles. The van der Waals surface area contributed by atoms with Crippen LogP contribution in [0.2, 0.25) is 0 Å². The average molecular weight is 274 g/mol. The second-order valence-corrected chi connectivity index (χ2v) is 4.09. The molecule has 0 bridgehead atoms. The maximum absolute atomic E-state index is 5.67. The summed E-state index contributed by atoms with van der Waals surface area (Å²) < 4.78 is 5.01. The van der Waals surface area contributed by atoms with Gasteiger partial charge in [0.25, 0.3) is 0 Å². The zero-order chi connectivity index (χ0) is 14.4. The van der Waals surface area contributed by atoms with E-state index in [9.17, 15) is 0 Å². The summed E-state index contributed by atoms with van der Waals surface area (Å²) in [6.45, 7) is 3.37. The molecule has 0 saturated heterocycles. The molecule has 0 fully saturated rings. The quantitative estimate of drug-likeness (QED) is 0.734. The van der Waals surface area contributed by atoms with Crippen LogP contribution in [0.15, 0.2) is 24.4 Å². The summed E-state index contributed by atoms with van der Waals surface area (Å²) in [7, 11) is 1.59. The minimum Gasteiger partial charge on any atom is -0.481 e. The molecule has 0 aliphatic rings. The molecule has 0 amide bonds. The molecule has 7 nitrogen and oxygen atoms in total. The minimum absolute atomic E-state index is 0.235. The Bertz CT molecular complexity index is 557. The van der Waals surface area contributed by atoms with Crippen molar-refractivity contribution in [2.45, 2.75) is 13.5 Å². The van der Waals surface area contributed by atoms with Gasteiger partial charge in [0.2, 0.25) is 11.8 Å². The van der Waals surface area contributed by atoms with Crippen LogP contribution in [0.1, 0.15) is 12.5 Å². The number of pyridine rings is 1. The number of nitrogens with one attached hydrogen (secondary N) is 2. The number of nitrogen functional groups attached to an aromatic ring is 1. The van der Waals surface area contributed by atoms with Crippen molar-refractivity contribution >= 4 is 17.6 Å². The minimum atomic E-state index is 0.235. The van der Waals surface area contributed by atoms with E-state index >= 15 is 0 Å². The molecule has 2 rings (SSSR count). The Hall–Kier alpha value is -2.57. The van der Waals surface area contributed by atoms with Crippen molar-refractivity contribution in [3.8, 4) is 5.88 Å². The maximum Gasteiger partial charge on any atom is 0.223 e. The lowest BCUT2D eigenvalue weighted by Gasteiger charge is -2.09.